The van der Waals surface area contributed by atoms with Gasteiger partial charge in [-0.15, -0.1) is 0 Å². The SMILES string of the molecule is [AsH2]c1ncc[nH]1. The van der Waals surface area contributed by atoms with Crippen LogP contribution < -0.4 is 4.61 Å². The van der Waals surface area contributed by atoms with Gasteiger partial charge in [-0.1, -0.05) is 0 Å². The zero-order valence-corrected chi connectivity index (χ0v) is 5.60. The molecule has 0 aliphatic carbocycles. The standard InChI is InChI=1S/C3H5AsN2/c4-3-5-1-2-6-3/h1-2H,4H2,(H,5,6). The second kappa shape index (κ2) is 1.48. The zero-order chi connectivity index (χ0) is 4.41. The van der Waals surface area contributed by atoms with E-state index in [1.807, 2.05) is 6.20 Å². The van der Waals surface area contributed by atoms with E-state index < -0.39 is 0 Å². The first kappa shape index (κ1) is 3.94. The number of imidazole rings is 1. The van der Waals surface area contributed by atoms with Gasteiger partial charge in [-0.3, -0.25) is 0 Å². The molecule has 1 unspecified atom stereocenters. The van der Waals surface area contributed by atoms with E-state index in [0.29, 0.717) is 0 Å². The summed E-state index contributed by atoms with van der Waals surface area (Å²) < 4.78 is 1.03. The second-order valence-corrected chi connectivity index (χ2v) is 2.12. The van der Waals surface area contributed by atoms with Crippen molar-refractivity contribution >= 4 is 21.5 Å². The molecule has 0 amide bonds. The molecule has 6 heavy (non-hydrogen) atoms. The fourth-order valence-corrected chi connectivity index (χ4v) is 0.660. The van der Waals surface area contributed by atoms with Gasteiger partial charge in [0.1, 0.15) is 0 Å². The average molecular weight is 144 g/mol. The Labute approximate surface area is 44.5 Å². The average Bonchev–Trinajstić information content (AvgIpc) is 1.86. The molecule has 2 nitrogen and oxygen atoms in total. The molecule has 0 spiro atoms. The third-order valence-electron chi connectivity index (χ3n) is 0.519. The minimum absolute atomic E-state index is 1.03. The topological polar surface area (TPSA) is 28.7 Å². The monoisotopic (exact) mass is 144 g/mol. The Balaban J connectivity index is 3.05. The van der Waals surface area contributed by atoms with Crippen LogP contribution in [0, 0.1) is 0 Å². The summed E-state index contributed by atoms with van der Waals surface area (Å²) in [4.78, 5) is 6.81. The van der Waals surface area contributed by atoms with Crippen LogP contribution in [-0.4, -0.2) is 26.8 Å². The first-order valence-electron chi connectivity index (χ1n) is 1.64. The van der Waals surface area contributed by atoms with Crippen LogP contribution in [0.2, 0.25) is 0 Å². The van der Waals surface area contributed by atoms with Gasteiger partial charge >= 0.3 is 43.8 Å². The molecular formula is C3H5AsN2. The van der Waals surface area contributed by atoms with E-state index in [0.717, 1.165) is 4.61 Å². The van der Waals surface area contributed by atoms with E-state index in [2.05, 4.69) is 9.97 Å². The number of hydrogen-bond donors (Lipinski definition) is 1. The Kier molecular flexibility index (Phi) is 0.971. The van der Waals surface area contributed by atoms with Crippen LogP contribution >= 0.6 is 0 Å². The molecule has 3 heteroatoms. The number of aromatic amines is 1. The van der Waals surface area contributed by atoms with Crippen LogP contribution in [0.15, 0.2) is 12.4 Å². The third kappa shape index (κ3) is 0.630. The molecule has 0 aliphatic heterocycles. The molecule has 1 aromatic heterocycles. The van der Waals surface area contributed by atoms with Gasteiger partial charge in [0.05, 0.1) is 0 Å². The van der Waals surface area contributed by atoms with E-state index in [1.165, 1.54) is 16.9 Å². The van der Waals surface area contributed by atoms with Gasteiger partial charge in [-0.25, -0.2) is 0 Å². The second-order valence-electron chi connectivity index (χ2n) is 0.974. The summed E-state index contributed by atoms with van der Waals surface area (Å²) in [6.45, 7) is 0. The molecule has 1 atom stereocenters. The van der Waals surface area contributed by atoms with Gasteiger partial charge in [0.25, 0.3) is 0 Å². The van der Waals surface area contributed by atoms with E-state index in [1.54, 1.807) is 6.20 Å². The Morgan fingerprint density at radius 2 is 2.67 bits per heavy atom. The zero-order valence-electron chi connectivity index (χ0n) is 3.18. The summed E-state index contributed by atoms with van der Waals surface area (Å²) in [5.41, 5.74) is 0. The Morgan fingerprint density at radius 3 is 2.83 bits per heavy atom. The molecule has 1 N–H and O–H groups in total. The van der Waals surface area contributed by atoms with Crippen LogP contribution in [0.25, 0.3) is 0 Å². The molecule has 1 rings (SSSR count). The van der Waals surface area contributed by atoms with Gasteiger partial charge in [0, 0.05) is 0 Å². The van der Waals surface area contributed by atoms with Gasteiger partial charge < -0.3 is 0 Å². The molecular weight excluding hydrogens is 139 g/mol. The van der Waals surface area contributed by atoms with Crippen LogP contribution in [0.1, 0.15) is 0 Å². The molecule has 0 saturated heterocycles. The van der Waals surface area contributed by atoms with Crippen molar-refractivity contribution in [2.45, 2.75) is 0 Å². The molecule has 0 aliphatic rings. The molecule has 1 aromatic rings. The van der Waals surface area contributed by atoms with Crippen molar-refractivity contribution in [2.24, 2.45) is 0 Å². The van der Waals surface area contributed by atoms with Crippen molar-refractivity contribution < 1.29 is 0 Å². The van der Waals surface area contributed by atoms with E-state index >= 15 is 0 Å². The predicted octanol–water partition coefficient (Wildman–Crippen LogP) is -1.33. The summed E-state index contributed by atoms with van der Waals surface area (Å²) in [6, 6.07) is 0. The van der Waals surface area contributed by atoms with Crippen molar-refractivity contribution in [1.29, 1.82) is 0 Å². The molecule has 1 heterocycles. The molecule has 0 radical (unpaired) electrons. The fourth-order valence-electron chi connectivity index (χ4n) is 0.277. The van der Waals surface area contributed by atoms with Crippen molar-refractivity contribution in [1.82, 2.24) is 9.97 Å². The van der Waals surface area contributed by atoms with Crippen molar-refractivity contribution in [3.63, 3.8) is 0 Å². The molecule has 0 fully saturated rings. The number of rotatable bonds is 0. The summed E-state index contributed by atoms with van der Waals surface area (Å²) >= 11 is 1.52. The van der Waals surface area contributed by atoms with Crippen LogP contribution in [-0.2, 0) is 0 Å². The Bertz CT molecular complexity index is 112. The Hall–Kier alpha value is -0.232. The van der Waals surface area contributed by atoms with Crippen LogP contribution in [0.5, 0.6) is 0 Å². The van der Waals surface area contributed by atoms with Crippen LogP contribution in [0.4, 0.5) is 0 Å². The maximum atomic E-state index is 3.89. The molecule has 0 bridgehead atoms. The van der Waals surface area contributed by atoms with E-state index in [9.17, 15) is 0 Å². The van der Waals surface area contributed by atoms with E-state index in [-0.39, 0.29) is 0 Å². The van der Waals surface area contributed by atoms with Gasteiger partial charge in [-0.2, -0.15) is 0 Å². The summed E-state index contributed by atoms with van der Waals surface area (Å²) in [7, 11) is 0. The molecule has 0 aromatic carbocycles. The van der Waals surface area contributed by atoms with Gasteiger partial charge in [0.2, 0.25) is 0 Å². The summed E-state index contributed by atoms with van der Waals surface area (Å²) in [6.07, 6.45) is 3.56. The van der Waals surface area contributed by atoms with Crippen molar-refractivity contribution in [3.8, 4) is 0 Å². The minimum atomic E-state index is 1.03. The molecule has 32 valence electrons. The van der Waals surface area contributed by atoms with E-state index in [4.69, 9.17) is 0 Å². The first-order valence-corrected chi connectivity index (χ1v) is 2.85. The first-order chi connectivity index (χ1) is 2.89. The predicted molar refractivity (Wildman–Crippen MR) is 26.8 cm³/mol. The number of nitrogens with zero attached hydrogens (tertiary/aromatic N) is 1. The number of nitrogens with one attached hydrogen (secondary N) is 1. The van der Waals surface area contributed by atoms with Gasteiger partial charge in [-0.05, 0) is 0 Å². The van der Waals surface area contributed by atoms with Crippen molar-refractivity contribution in [2.75, 3.05) is 0 Å². The van der Waals surface area contributed by atoms with Crippen LogP contribution in [0.3, 0.4) is 0 Å². The quantitative estimate of drug-likeness (QED) is 0.449. The maximum absolute atomic E-state index is 3.89. The fraction of sp³-hybridized carbons (Fsp3) is 0. The van der Waals surface area contributed by atoms with Gasteiger partial charge in [0.15, 0.2) is 0 Å². The number of hydrogen-bond acceptors (Lipinski definition) is 1. The Morgan fingerprint density at radius 1 is 1.83 bits per heavy atom. The number of aromatic nitrogens is 2. The normalized spacial score (nSPS) is 8.83. The third-order valence-corrected chi connectivity index (χ3v) is 1.18. The number of H-pyrrole nitrogens is 1. The summed E-state index contributed by atoms with van der Waals surface area (Å²) in [5.74, 6) is 0. The summed E-state index contributed by atoms with van der Waals surface area (Å²) in [5, 5.41) is 0. The van der Waals surface area contributed by atoms with Crippen molar-refractivity contribution in [3.05, 3.63) is 12.4 Å². The molecule has 0 saturated carbocycles.